The van der Waals surface area contributed by atoms with E-state index in [0.29, 0.717) is 45.7 Å². The summed E-state index contributed by atoms with van der Waals surface area (Å²) < 4.78 is 12.4. The Morgan fingerprint density at radius 3 is 2.65 bits per heavy atom. The van der Waals surface area contributed by atoms with Crippen LogP contribution in [0.1, 0.15) is 29.6 Å². The van der Waals surface area contributed by atoms with Crippen LogP contribution in [0.5, 0.6) is 5.75 Å². The van der Waals surface area contributed by atoms with Crippen molar-refractivity contribution in [3.63, 3.8) is 0 Å². The number of amides is 2. The molecule has 0 saturated carbocycles. The number of rotatable bonds is 5. The van der Waals surface area contributed by atoms with Gasteiger partial charge >= 0.3 is 5.76 Å². The first-order valence-electron chi connectivity index (χ1n) is 10.0. The first-order valence-corrected chi connectivity index (χ1v) is 10.8. The zero-order valence-corrected chi connectivity index (χ0v) is 18.6. The summed E-state index contributed by atoms with van der Waals surface area (Å²) in [6, 6.07) is 9.99. The number of hydrogen-bond acceptors (Lipinski definition) is 5. The van der Waals surface area contributed by atoms with Gasteiger partial charge < -0.3 is 19.4 Å². The van der Waals surface area contributed by atoms with Crippen molar-refractivity contribution in [2.75, 3.05) is 25.5 Å². The fraction of sp³-hybridized carbons (Fsp3) is 0.318. The van der Waals surface area contributed by atoms with Gasteiger partial charge in [-0.25, -0.2) is 4.79 Å². The molecule has 8 nitrogen and oxygen atoms in total. The molecular weight excluding hydrogens is 466 g/mol. The molecule has 2 aromatic carbocycles. The fourth-order valence-corrected chi connectivity index (χ4v) is 4.10. The number of likely N-dealkylation sites (tertiary alicyclic amines) is 1. The van der Waals surface area contributed by atoms with Gasteiger partial charge in [0, 0.05) is 23.2 Å². The third-order valence-electron chi connectivity index (χ3n) is 5.35. The molecule has 0 atom stereocenters. The van der Waals surface area contributed by atoms with Gasteiger partial charge in [-0.2, -0.15) is 0 Å². The molecule has 3 aromatic rings. The highest BCUT2D eigenvalue weighted by atomic mass is 79.9. The molecule has 2 heterocycles. The highest BCUT2D eigenvalue weighted by Crippen LogP contribution is 2.25. The lowest BCUT2D eigenvalue weighted by Gasteiger charge is -2.26. The van der Waals surface area contributed by atoms with Crippen LogP contribution in [0.3, 0.4) is 0 Å². The van der Waals surface area contributed by atoms with Gasteiger partial charge in [0.1, 0.15) is 12.3 Å². The Kier molecular flexibility index (Phi) is 6.13. The van der Waals surface area contributed by atoms with Crippen molar-refractivity contribution in [1.82, 2.24) is 9.47 Å². The van der Waals surface area contributed by atoms with Gasteiger partial charge in [0.2, 0.25) is 5.91 Å². The molecule has 1 aliphatic heterocycles. The first kappa shape index (κ1) is 21.2. The molecule has 31 heavy (non-hydrogen) atoms. The Balaban J connectivity index is 1.59. The van der Waals surface area contributed by atoms with Crippen LogP contribution >= 0.6 is 15.9 Å². The van der Waals surface area contributed by atoms with Gasteiger partial charge in [-0.3, -0.25) is 14.2 Å². The number of ether oxygens (including phenoxy) is 1. The molecule has 0 bridgehead atoms. The first-order chi connectivity index (χ1) is 15.0. The van der Waals surface area contributed by atoms with Crippen molar-refractivity contribution >= 4 is 44.5 Å². The Morgan fingerprint density at radius 2 is 1.90 bits per heavy atom. The number of oxazole rings is 1. The molecule has 1 N–H and O–H groups in total. The minimum Gasteiger partial charge on any atom is -0.497 e. The van der Waals surface area contributed by atoms with Crippen LogP contribution in [-0.4, -0.2) is 41.5 Å². The molecule has 1 saturated heterocycles. The second-order valence-corrected chi connectivity index (χ2v) is 8.23. The number of fused-ring (bicyclic) bond motifs is 1. The predicted octanol–water partition coefficient (Wildman–Crippen LogP) is 3.63. The van der Waals surface area contributed by atoms with Crippen LogP contribution in [0.4, 0.5) is 5.69 Å². The maximum atomic E-state index is 12.8. The molecule has 162 valence electrons. The van der Waals surface area contributed by atoms with E-state index in [-0.39, 0.29) is 18.4 Å². The zero-order chi connectivity index (χ0) is 22.0. The molecular formula is C22H22BrN3O5. The third-order valence-corrected chi connectivity index (χ3v) is 6.04. The molecule has 0 unspecified atom stereocenters. The Labute approximate surface area is 186 Å². The monoisotopic (exact) mass is 487 g/mol. The summed E-state index contributed by atoms with van der Waals surface area (Å²) in [6.07, 6.45) is 3.07. The number of methoxy groups -OCH3 is 1. The van der Waals surface area contributed by atoms with E-state index in [2.05, 4.69) is 21.2 Å². The van der Waals surface area contributed by atoms with E-state index in [1.165, 1.54) is 11.7 Å². The standard InChI is InChI=1S/C22H22BrN3O5/c1-30-15-6-7-17(23)16(12-15)21(28)24-14-5-8-19-18(11-14)26(22(29)31-19)13-20(27)25-9-3-2-4-10-25/h5-8,11-12H,2-4,9-10,13H2,1H3,(H,24,28). The molecule has 1 aromatic heterocycles. The lowest BCUT2D eigenvalue weighted by atomic mass is 10.1. The average Bonchev–Trinajstić information content (AvgIpc) is 3.09. The summed E-state index contributed by atoms with van der Waals surface area (Å²) in [5.41, 5.74) is 1.70. The number of halogens is 1. The number of piperidine rings is 1. The van der Waals surface area contributed by atoms with Crippen LogP contribution in [0.25, 0.3) is 11.1 Å². The lowest BCUT2D eigenvalue weighted by Crippen LogP contribution is -2.39. The fourth-order valence-electron chi connectivity index (χ4n) is 3.67. The number of benzene rings is 2. The molecule has 9 heteroatoms. The van der Waals surface area contributed by atoms with E-state index in [4.69, 9.17) is 9.15 Å². The lowest BCUT2D eigenvalue weighted by molar-refractivity contribution is -0.132. The highest BCUT2D eigenvalue weighted by Gasteiger charge is 2.20. The predicted molar refractivity (Wildman–Crippen MR) is 120 cm³/mol. The minimum absolute atomic E-state index is 0.0926. The summed E-state index contributed by atoms with van der Waals surface area (Å²) >= 11 is 3.37. The van der Waals surface area contributed by atoms with Crippen molar-refractivity contribution in [3.05, 3.63) is 57.0 Å². The van der Waals surface area contributed by atoms with Crippen molar-refractivity contribution in [1.29, 1.82) is 0 Å². The maximum Gasteiger partial charge on any atom is 0.420 e. The maximum absolute atomic E-state index is 12.8. The number of hydrogen-bond donors (Lipinski definition) is 1. The van der Waals surface area contributed by atoms with E-state index in [1.807, 2.05) is 0 Å². The van der Waals surface area contributed by atoms with Crippen LogP contribution < -0.4 is 15.8 Å². The van der Waals surface area contributed by atoms with Gasteiger partial charge in [0.05, 0.1) is 18.2 Å². The normalized spacial score (nSPS) is 13.9. The van der Waals surface area contributed by atoms with Crippen LogP contribution in [0, 0.1) is 0 Å². The summed E-state index contributed by atoms with van der Waals surface area (Å²) in [7, 11) is 1.53. The van der Waals surface area contributed by atoms with E-state index in [1.54, 1.807) is 41.3 Å². The van der Waals surface area contributed by atoms with Crippen molar-refractivity contribution < 1.29 is 18.7 Å². The molecule has 0 aliphatic carbocycles. The van der Waals surface area contributed by atoms with Crippen molar-refractivity contribution in [2.45, 2.75) is 25.8 Å². The Morgan fingerprint density at radius 1 is 1.13 bits per heavy atom. The van der Waals surface area contributed by atoms with Crippen molar-refractivity contribution in [2.24, 2.45) is 0 Å². The number of anilines is 1. The number of aromatic nitrogens is 1. The molecule has 0 radical (unpaired) electrons. The summed E-state index contributed by atoms with van der Waals surface area (Å²) in [5.74, 6) is -0.491. The second kappa shape index (κ2) is 8.97. The number of nitrogens with zero attached hydrogens (tertiary/aromatic N) is 2. The Bertz CT molecular complexity index is 1190. The van der Waals surface area contributed by atoms with Crippen molar-refractivity contribution in [3.8, 4) is 5.75 Å². The van der Waals surface area contributed by atoms with Crippen LogP contribution in [-0.2, 0) is 11.3 Å². The highest BCUT2D eigenvalue weighted by molar-refractivity contribution is 9.10. The molecule has 1 aliphatic rings. The topological polar surface area (TPSA) is 93.8 Å². The quantitative estimate of drug-likeness (QED) is 0.592. The van der Waals surface area contributed by atoms with Crippen LogP contribution in [0.15, 0.2) is 50.1 Å². The van der Waals surface area contributed by atoms with E-state index >= 15 is 0 Å². The molecule has 2 amide bonds. The summed E-state index contributed by atoms with van der Waals surface area (Å²) in [5, 5.41) is 2.82. The van der Waals surface area contributed by atoms with Gasteiger partial charge in [-0.15, -0.1) is 0 Å². The van der Waals surface area contributed by atoms with Gasteiger partial charge in [0.15, 0.2) is 5.58 Å². The van der Waals surface area contributed by atoms with Gasteiger partial charge in [-0.1, -0.05) is 0 Å². The third kappa shape index (κ3) is 4.51. The largest absolute Gasteiger partial charge is 0.497 e. The van der Waals surface area contributed by atoms with Gasteiger partial charge in [0.25, 0.3) is 5.91 Å². The molecule has 0 spiro atoms. The summed E-state index contributed by atoms with van der Waals surface area (Å²) in [6.45, 7) is 1.32. The summed E-state index contributed by atoms with van der Waals surface area (Å²) in [4.78, 5) is 39.5. The number of carbonyl (C=O) groups excluding carboxylic acids is 2. The molecule has 1 fully saturated rings. The average molecular weight is 488 g/mol. The van der Waals surface area contributed by atoms with Gasteiger partial charge in [-0.05, 0) is 71.6 Å². The van der Waals surface area contributed by atoms with E-state index in [9.17, 15) is 14.4 Å². The number of carbonyl (C=O) groups is 2. The second-order valence-electron chi connectivity index (χ2n) is 7.38. The smallest absolute Gasteiger partial charge is 0.420 e. The number of nitrogens with one attached hydrogen (secondary N) is 1. The molecule has 4 rings (SSSR count). The minimum atomic E-state index is -0.598. The SMILES string of the molecule is COc1ccc(Br)c(C(=O)Nc2ccc3oc(=O)n(CC(=O)N4CCCCC4)c3c2)c1. The van der Waals surface area contributed by atoms with E-state index < -0.39 is 5.76 Å². The van der Waals surface area contributed by atoms with E-state index in [0.717, 1.165) is 19.3 Å². The van der Waals surface area contributed by atoms with Crippen LogP contribution in [0.2, 0.25) is 0 Å². The zero-order valence-electron chi connectivity index (χ0n) is 17.0. The Hall–Kier alpha value is -3.07.